The molecule has 1 heterocycles. The van der Waals surface area contributed by atoms with Crippen LogP contribution in [0.15, 0.2) is 59.6 Å². The highest BCUT2D eigenvalue weighted by atomic mass is 127. The van der Waals surface area contributed by atoms with E-state index in [-0.39, 0.29) is 35.3 Å². The summed E-state index contributed by atoms with van der Waals surface area (Å²) in [5, 5.41) is 6.99. The second-order valence-corrected chi connectivity index (χ2v) is 8.79. The van der Waals surface area contributed by atoms with Gasteiger partial charge in [0.1, 0.15) is 0 Å². The fourth-order valence-corrected chi connectivity index (χ4v) is 4.65. The van der Waals surface area contributed by atoms with E-state index in [4.69, 9.17) is 4.99 Å². The number of aliphatic imine (C=N–C) groups is 1. The second kappa shape index (κ2) is 11.7. The molecule has 0 aromatic heterocycles. The van der Waals surface area contributed by atoms with Crippen LogP contribution in [-0.2, 0) is 23.3 Å². The lowest BCUT2D eigenvalue weighted by Crippen LogP contribution is -2.48. The Kier molecular flexibility index (Phi) is 8.96. The minimum atomic E-state index is 0. The molecule has 2 N–H and O–H groups in total. The van der Waals surface area contributed by atoms with Crippen molar-refractivity contribution in [2.45, 2.75) is 57.5 Å². The highest BCUT2D eigenvalue weighted by Crippen LogP contribution is 2.43. The van der Waals surface area contributed by atoms with E-state index in [1.165, 1.54) is 36.0 Å². The monoisotopic (exact) mass is 546 g/mol. The average molecular weight is 546 g/mol. The van der Waals surface area contributed by atoms with Crippen molar-refractivity contribution in [3.05, 3.63) is 71.3 Å². The van der Waals surface area contributed by atoms with E-state index < -0.39 is 0 Å². The third-order valence-corrected chi connectivity index (χ3v) is 6.59. The van der Waals surface area contributed by atoms with E-state index in [9.17, 15) is 4.79 Å². The molecule has 0 radical (unpaired) electrons. The Bertz CT molecular complexity index is 911. The van der Waals surface area contributed by atoms with Gasteiger partial charge in [-0.15, -0.1) is 24.0 Å². The lowest BCUT2D eigenvalue weighted by Gasteiger charge is -2.43. The largest absolute Gasteiger partial charge is 0.357 e. The highest BCUT2D eigenvalue weighted by Gasteiger charge is 2.38. The number of carbonyl (C=O) groups excluding carboxylic acids is 1. The lowest BCUT2D eigenvalue weighted by atomic mass is 9.64. The smallest absolute Gasteiger partial charge is 0.222 e. The molecule has 2 aliphatic rings. The molecule has 1 saturated heterocycles. The Balaban J connectivity index is 0.00000289. The van der Waals surface area contributed by atoms with Crippen LogP contribution in [0.1, 0.15) is 55.7 Å². The lowest BCUT2D eigenvalue weighted by molar-refractivity contribution is -0.128. The Morgan fingerprint density at radius 3 is 2.47 bits per heavy atom. The number of amides is 1. The quantitative estimate of drug-likeness (QED) is 0.289. The minimum Gasteiger partial charge on any atom is -0.357 e. The van der Waals surface area contributed by atoms with Crippen LogP contribution in [0.25, 0.3) is 0 Å². The molecule has 2 aromatic carbocycles. The van der Waals surface area contributed by atoms with Gasteiger partial charge in [-0.25, -0.2) is 4.99 Å². The first-order valence-corrected chi connectivity index (χ1v) is 11.6. The Hall–Kier alpha value is -2.09. The number of halogens is 1. The molecular weight excluding hydrogens is 511 g/mol. The number of benzene rings is 2. The first-order chi connectivity index (χ1) is 15.2. The molecule has 4 rings (SSSR count). The standard InChI is InChI=1S/C26H34N4O.HI/c1-2-27-25(29-20-26(14-8-15-26)23-11-4-3-5-12-23)28-18-21-9-6-10-22(17-21)19-30-16-7-13-24(30)31;/h3-6,9-12,17H,2,7-8,13-16,18-20H2,1H3,(H2,27,28,29);1H. The summed E-state index contributed by atoms with van der Waals surface area (Å²) in [6, 6.07) is 19.3. The van der Waals surface area contributed by atoms with Gasteiger partial charge in [-0.3, -0.25) is 4.79 Å². The number of rotatable bonds is 8. The van der Waals surface area contributed by atoms with Gasteiger partial charge >= 0.3 is 0 Å². The molecule has 1 saturated carbocycles. The van der Waals surface area contributed by atoms with Crippen LogP contribution in [0.4, 0.5) is 0 Å². The molecule has 2 aromatic rings. The molecule has 0 spiro atoms. The Labute approximate surface area is 209 Å². The number of carbonyl (C=O) groups is 1. The SMILES string of the molecule is CCNC(=NCc1cccc(CN2CCCC2=O)c1)NCC1(c2ccccc2)CCC1.I. The number of guanidine groups is 1. The fraction of sp³-hybridized carbons (Fsp3) is 0.462. The molecule has 6 heteroatoms. The van der Waals surface area contributed by atoms with Crippen LogP contribution >= 0.6 is 24.0 Å². The fourth-order valence-electron chi connectivity index (χ4n) is 4.65. The molecular formula is C26H35IN4O. The van der Waals surface area contributed by atoms with Gasteiger partial charge < -0.3 is 15.5 Å². The van der Waals surface area contributed by atoms with Crippen molar-refractivity contribution >= 4 is 35.8 Å². The van der Waals surface area contributed by atoms with E-state index in [0.29, 0.717) is 19.5 Å². The predicted octanol–water partition coefficient (Wildman–Crippen LogP) is 4.60. The van der Waals surface area contributed by atoms with Gasteiger partial charge in [0.25, 0.3) is 0 Å². The molecule has 2 fully saturated rings. The number of nitrogens with zero attached hydrogens (tertiary/aromatic N) is 2. The summed E-state index contributed by atoms with van der Waals surface area (Å²) in [4.78, 5) is 18.7. The van der Waals surface area contributed by atoms with Crippen molar-refractivity contribution in [1.29, 1.82) is 0 Å². The van der Waals surface area contributed by atoms with Gasteiger partial charge in [-0.2, -0.15) is 0 Å². The topological polar surface area (TPSA) is 56.7 Å². The molecule has 1 amide bonds. The highest BCUT2D eigenvalue weighted by molar-refractivity contribution is 14.0. The summed E-state index contributed by atoms with van der Waals surface area (Å²) in [7, 11) is 0. The maximum absolute atomic E-state index is 11.9. The normalized spacial score (nSPS) is 17.5. The van der Waals surface area contributed by atoms with Crippen LogP contribution in [0.2, 0.25) is 0 Å². The van der Waals surface area contributed by atoms with Crippen LogP contribution in [0.3, 0.4) is 0 Å². The van der Waals surface area contributed by atoms with Crippen molar-refractivity contribution in [2.75, 3.05) is 19.6 Å². The van der Waals surface area contributed by atoms with Crippen molar-refractivity contribution in [3.8, 4) is 0 Å². The second-order valence-electron chi connectivity index (χ2n) is 8.79. The predicted molar refractivity (Wildman–Crippen MR) is 141 cm³/mol. The van der Waals surface area contributed by atoms with Gasteiger partial charge in [0.05, 0.1) is 6.54 Å². The van der Waals surface area contributed by atoms with Gasteiger partial charge in [0.2, 0.25) is 5.91 Å². The molecule has 172 valence electrons. The van der Waals surface area contributed by atoms with E-state index in [1.807, 2.05) is 4.90 Å². The van der Waals surface area contributed by atoms with Gasteiger partial charge in [-0.1, -0.05) is 61.0 Å². The average Bonchev–Trinajstić information content (AvgIpc) is 3.16. The summed E-state index contributed by atoms with van der Waals surface area (Å²) >= 11 is 0. The van der Waals surface area contributed by atoms with Crippen molar-refractivity contribution in [1.82, 2.24) is 15.5 Å². The molecule has 1 aliphatic heterocycles. The van der Waals surface area contributed by atoms with Crippen LogP contribution in [-0.4, -0.2) is 36.4 Å². The molecule has 1 aliphatic carbocycles. The molecule has 32 heavy (non-hydrogen) atoms. The summed E-state index contributed by atoms with van der Waals surface area (Å²) in [6.07, 6.45) is 5.40. The summed E-state index contributed by atoms with van der Waals surface area (Å²) in [6.45, 7) is 6.03. The van der Waals surface area contributed by atoms with Crippen LogP contribution in [0, 0.1) is 0 Å². The van der Waals surface area contributed by atoms with Crippen molar-refractivity contribution in [2.24, 2.45) is 4.99 Å². The van der Waals surface area contributed by atoms with E-state index in [1.54, 1.807) is 0 Å². The van der Waals surface area contributed by atoms with Crippen LogP contribution < -0.4 is 10.6 Å². The minimum absolute atomic E-state index is 0. The van der Waals surface area contributed by atoms with Gasteiger partial charge in [-0.05, 0) is 42.9 Å². The Morgan fingerprint density at radius 1 is 1.03 bits per heavy atom. The summed E-state index contributed by atoms with van der Waals surface area (Å²) < 4.78 is 0. The summed E-state index contributed by atoms with van der Waals surface area (Å²) in [5.74, 6) is 1.13. The first kappa shape index (κ1) is 24.6. The zero-order valence-corrected chi connectivity index (χ0v) is 21.3. The van der Waals surface area contributed by atoms with E-state index >= 15 is 0 Å². The molecule has 0 atom stereocenters. The number of hydrogen-bond acceptors (Lipinski definition) is 2. The van der Waals surface area contributed by atoms with Crippen LogP contribution in [0.5, 0.6) is 0 Å². The van der Waals surface area contributed by atoms with E-state index in [0.717, 1.165) is 32.0 Å². The van der Waals surface area contributed by atoms with E-state index in [2.05, 4.69) is 72.2 Å². The Morgan fingerprint density at radius 2 is 1.81 bits per heavy atom. The number of hydrogen-bond donors (Lipinski definition) is 2. The number of likely N-dealkylation sites (tertiary alicyclic amines) is 1. The molecule has 5 nitrogen and oxygen atoms in total. The molecule has 0 bridgehead atoms. The zero-order valence-electron chi connectivity index (χ0n) is 19.0. The van der Waals surface area contributed by atoms with Gasteiger partial charge in [0.15, 0.2) is 5.96 Å². The third kappa shape index (κ3) is 6.03. The van der Waals surface area contributed by atoms with Crippen molar-refractivity contribution in [3.63, 3.8) is 0 Å². The summed E-state index contributed by atoms with van der Waals surface area (Å²) in [5.41, 5.74) is 3.99. The maximum Gasteiger partial charge on any atom is 0.222 e. The first-order valence-electron chi connectivity index (χ1n) is 11.6. The zero-order chi connectivity index (χ0) is 21.5. The van der Waals surface area contributed by atoms with Gasteiger partial charge in [0, 0.05) is 38.0 Å². The number of nitrogens with one attached hydrogen (secondary N) is 2. The third-order valence-electron chi connectivity index (χ3n) is 6.59. The van der Waals surface area contributed by atoms with Crippen molar-refractivity contribution < 1.29 is 4.79 Å². The molecule has 0 unspecified atom stereocenters. The maximum atomic E-state index is 11.9.